The number of aromatic nitrogens is 3. The Balaban J connectivity index is 1.13. The van der Waals surface area contributed by atoms with Gasteiger partial charge in [0.2, 0.25) is 5.91 Å². The Bertz CT molecular complexity index is 1370. The lowest BCUT2D eigenvalue weighted by Crippen LogP contribution is -2.13. The van der Waals surface area contributed by atoms with Crippen LogP contribution in [0.1, 0.15) is 51.7 Å². The summed E-state index contributed by atoms with van der Waals surface area (Å²) in [6.45, 7) is 1.98. The van der Waals surface area contributed by atoms with E-state index in [-0.39, 0.29) is 11.5 Å². The third-order valence-electron chi connectivity index (χ3n) is 5.93. The molecule has 9 heteroatoms. The molecule has 0 saturated heterocycles. The molecule has 2 N–H and O–H groups in total. The lowest BCUT2D eigenvalue weighted by Gasteiger charge is -2.09. The maximum Gasteiger partial charge on any atom is 0.259 e. The molecule has 6 nitrogen and oxygen atoms in total. The quantitative estimate of drug-likeness (QED) is 0.307. The van der Waals surface area contributed by atoms with Gasteiger partial charge in [0.15, 0.2) is 5.13 Å². The first-order valence-corrected chi connectivity index (χ1v) is 14.3. The molecule has 0 unspecified atom stereocenters. The second kappa shape index (κ2) is 10.4. The van der Waals surface area contributed by atoms with Gasteiger partial charge in [-0.1, -0.05) is 30.3 Å². The number of nitrogens with zero attached hydrogens (tertiary/aromatic N) is 2. The molecule has 0 radical (unpaired) electrons. The van der Waals surface area contributed by atoms with E-state index >= 15 is 0 Å². The maximum absolute atomic E-state index is 12.7. The summed E-state index contributed by atoms with van der Waals surface area (Å²) in [5, 5.41) is 4.37. The van der Waals surface area contributed by atoms with Gasteiger partial charge in [0.05, 0.1) is 16.8 Å². The fourth-order valence-electron chi connectivity index (χ4n) is 4.22. The molecule has 0 saturated carbocycles. The lowest BCUT2D eigenvalue weighted by molar-refractivity contribution is -0.115. The summed E-state index contributed by atoms with van der Waals surface area (Å²) in [5.41, 5.74) is 3.37. The standard InChI is InChI=1S/C25H26N4O2S3/c1-15-19(13-16-7-3-2-4-8-16)34-25(26-15)29-21(30)11-12-32-14-20-27-23(31)22-17-9-5-6-10-18(17)33-24(22)28-20/h2-4,7-8H,5-6,9-14H2,1H3,(H,26,29,30)(H,27,28,31). The van der Waals surface area contributed by atoms with Crippen molar-refractivity contribution in [3.05, 3.63) is 73.1 Å². The van der Waals surface area contributed by atoms with E-state index in [9.17, 15) is 9.59 Å². The van der Waals surface area contributed by atoms with Crippen molar-refractivity contribution in [1.29, 1.82) is 0 Å². The highest BCUT2D eigenvalue weighted by Crippen LogP contribution is 2.33. The van der Waals surface area contributed by atoms with Crippen LogP contribution in [0, 0.1) is 6.92 Å². The second-order valence-corrected chi connectivity index (χ2v) is 11.7. The summed E-state index contributed by atoms with van der Waals surface area (Å²) in [7, 11) is 0. The maximum atomic E-state index is 12.7. The van der Waals surface area contributed by atoms with Crippen molar-refractivity contribution in [2.24, 2.45) is 0 Å². The average Bonchev–Trinajstić information content (AvgIpc) is 3.37. The van der Waals surface area contributed by atoms with Gasteiger partial charge in [-0.3, -0.25) is 9.59 Å². The zero-order chi connectivity index (χ0) is 23.5. The van der Waals surface area contributed by atoms with Gasteiger partial charge in [-0.05, 0) is 43.7 Å². The number of carbonyl (C=O) groups is 1. The number of fused-ring (bicyclic) bond motifs is 3. The molecule has 4 aromatic rings. The number of rotatable bonds is 8. The highest BCUT2D eigenvalue weighted by atomic mass is 32.2. The number of aromatic amines is 1. The molecule has 1 aliphatic rings. The van der Waals surface area contributed by atoms with Crippen LogP contribution >= 0.6 is 34.4 Å². The predicted octanol–water partition coefficient (Wildman–Crippen LogP) is 5.48. The Morgan fingerprint density at radius 2 is 1.97 bits per heavy atom. The Hall–Kier alpha value is -2.49. The van der Waals surface area contributed by atoms with E-state index < -0.39 is 0 Å². The third-order valence-corrected chi connectivity index (χ3v) is 9.16. The van der Waals surface area contributed by atoms with Crippen LogP contribution in [0.25, 0.3) is 10.2 Å². The first-order chi connectivity index (χ1) is 16.6. The summed E-state index contributed by atoms with van der Waals surface area (Å²) < 4.78 is 0. The topological polar surface area (TPSA) is 87.7 Å². The van der Waals surface area contributed by atoms with Gasteiger partial charge in [-0.15, -0.1) is 22.7 Å². The average molecular weight is 511 g/mol. The van der Waals surface area contributed by atoms with E-state index in [2.05, 4.69) is 27.4 Å². The number of benzene rings is 1. The van der Waals surface area contributed by atoms with Crippen LogP contribution in [-0.2, 0) is 29.8 Å². The van der Waals surface area contributed by atoms with E-state index in [1.54, 1.807) is 23.1 Å². The van der Waals surface area contributed by atoms with Gasteiger partial charge in [0.1, 0.15) is 10.7 Å². The van der Waals surface area contributed by atoms with Gasteiger partial charge in [0.25, 0.3) is 5.56 Å². The molecule has 34 heavy (non-hydrogen) atoms. The number of hydrogen-bond acceptors (Lipinski definition) is 7. The number of thiophene rings is 1. The van der Waals surface area contributed by atoms with Gasteiger partial charge in [-0.25, -0.2) is 9.97 Å². The van der Waals surface area contributed by atoms with Gasteiger partial charge >= 0.3 is 0 Å². The van der Waals surface area contributed by atoms with Gasteiger partial charge < -0.3 is 10.3 Å². The number of hydrogen-bond donors (Lipinski definition) is 2. The minimum atomic E-state index is -0.0460. The molecular weight excluding hydrogens is 485 g/mol. The molecule has 0 spiro atoms. The Labute approximate surface area is 210 Å². The molecule has 1 amide bonds. The van der Waals surface area contributed by atoms with Gasteiger partial charge in [-0.2, -0.15) is 11.8 Å². The molecule has 0 atom stereocenters. The van der Waals surface area contributed by atoms with Crippen LogP contribution in [0.3, 0.4) is 0 Å². The molecule has 5 rings (SSSR count). The molecule has 3 heterocycles. The monoisotopic (exact) mass is 510 g/mol. The zero-order valence-electron chi connectivity index (χ0n) is 19.0. The molecule has 1 aliphatic carbocycles. The number of aryl methyl sites for hydroxylation is 3. The second-order valence-electron chi connectivity index (χ2n) is 8.44. The lowest BCUT2D eigenvalue weighted by atomic mass is 9.97. The van der Waals surface area contributed by atoms with Crippen molar-refractivity contribution >= 4 is 55.7 Å². The van der Waals surface area contributed by atoms with Crippen molar-refractivity contribution in [2.45, 2.75) is 51.2 Å². The smallest absolute Gasteiger partial charge is 0.259 e. The fraction of sp³-hybridized carbons (Fsp3) is 0.360. The Morgan fingerprint density at radius 3 is 2.82 bits per heavy atom. The van der Waals surface area contributed by atoms with E-state index in [4.69, 9.17) is 4.98 Å². The largest absolute Gasteiger partial charge is 0.309 e. The number of amides is 1. The van der Waals surface area contributed by atoms with E-state index in [1.165, 1.54) is 33.8 Å². The highest BCUT2D eigenvalue weighted by Gasteiger charge is 2.19. The number of anilines is 1. The van der Waals surface area contributed by atoms with Crippen molar-refractivity contribution in [1.82, 2.24) is 15.0 Å². The molecule has 0 bridgehead atoms. The van der Waals surface area contributed by atoms with Crippen LogP contribution < -0.4 is 10.9 Å². The number of H-pyrrole nitrogens is 1. The summed E-state index contributed by atoms with van der Waals surface area (Å²) in [6.07, 6.45) is 5.58. The number of carbonyl (C=O) groups excluding carboxylic acids is 1. The first-order valence-electron chi connectivity index (χ1n) is 11.5. The van der Waals surface area contributed by atoms with Crippen LogP contribution in [0.2, 0.25) is 0 Å². The molecule has 3 aromatic heterocycles. The Morgan fingerprint density at radius 1 is 1.15 bits per heavy atom. The highest BCUT2D eigenvalue weighted by molar-refractivity contribution is 7.98. The molecule has 0 fully saturated rings. The van der Waals surface area contributed by atoms with E-state index in [0.29, 0.717) is 28.9 Å². The van der Waals surface area contributed by atoms with Crippen molar-refractivity contribution < 1.29 is 4.79 Å². The fourth-order valence-corrected chi connectivity index (χ4v) is 7.32. The van der Waals surface area contributed by atoms with Crippen LogP contribution in [0.15, 0.2) is 35.1 Å². The number of thiazole rings is 1. The number of thioether (sulfide) groups is 1. The number of nitrogens with one attached hydrogen (secondary N) is 2. The normalized spacial score (nSPS) is 13.2. The SMILES string of the molecule is Cc1nc(NC(=O)CCSCc2nc3sc4c(c3c(=O)[nH]2)CCCC4)sc1Cc1ccccc1. The summed E-state index contributed by atoms with van der Waals surface area (Å²) in [6, 6.07) is 10.3. The zero-order valence-corrected chi connectivity index (χ0v) is 21.4. The van der Waals surface area contributed by atoms with Crippen LogP contribution in [0.5, 0.6) is 0 Å². The molecule has 0 aliphatic heterocycles. The van der Waals surface area contributed by atoms with Crippen LogP contribution in [0.4, 0.5) is 5.13 Å². The van der Waals surface area contributed by atoms with Crippen molar-refractivity contribution in [3.63, 3.8) is 0 Å². The Kier molecular flexibility index (Phi) is 7.12. The molecule has 176 valence electrons. The van der Waals surface area contributed by atoms with Crippen molar-refractivity contribution in [3.8, 4) is 0 Å². The summed E-state index contributed by atoms with van der Waals surface area (Å²) in [4.78, 5) is 40.6. The van der Waals surface area contributed by atoms with E-state index in [0.717, 1.165) is 46.5 Å². The first kappa shape index (κ1) is 23.3. The van der Waals surface area contributed by atoms with Crippen LogP contribution in [-0.4, -0.2) is 26.6 Å². The molecule has 1 aromatic carbocycles. The predicted molar refractivity (Wildman–Crippen MR) is 142 cm³/mol. The minimum Gasteiger partial charge on any atom is -0.309 e. The van der Waals surface area contributed by atoms with Crippen molar-refractivity contribution in [2.75, 3.05) is 11.1 Å². The summed E-state index contributed by atoms with van der Waals surface area (Å²) in [5.74, 6) is 1.87. The third kappa shape index (κ3) is 5.26. The van der Waals surface area contributed by atoms with Gasteiger partial charge in [0, 0.05) is 28.3 Å². The molecular formula is C25H26N4O2S3. The van der Waals surface area contributed by atoms with E-state index in [1.807, 2.05) is 25.1 Å². The minimum absolute atomic E-state index is 0.0248. The summed E-state index contributed by atoms with van der Waals surface area (Å²) >= 11 is 4.80.